The van der Waals surface area contributed by atoms with Crippen LogP contribution in [0, 0.1) is 17.8 Å². The van der Waals surface area contributed by atoms with Crippen molar-refractivity contribution in [2.45, 2.75) is 52.4 Å². The molecule has 1 N–H and O–H groups in total. The van der Waals surface area contributed by atoms with E-state index >= 15 is 0 Å². The molecule has 3 atom stereocenters. The van der Waals surface area contributed by atoms with Crippen LogP contribution < -0.4 is 0 Å². The molecule has 0 aromatic carbocycles. The second kappa shape index (κ2) is 6.32. The zero-order valence-electron chi connectivity index (χ0n) is 10.3. The maximum Gasteiger partial charge on any atom is 0.0433 e. The van der Waals surface area contributed by atoms with Crippen LogP contribution in [-0.4, -0.2) is 11.7 Å². The van der Waals surface area contributed by atoms with Crippen molar-refractivity contribution in [1.82, 2.24) is 0 Å². The highest BCUT2D eigenvalue weighted by Crippen LogP contribution is 2.36. The Morgan fingerprint density at radius 2 is 2.20 bits per heavy atom. The Morgan fingerprint density at radius 3 is 2.80 bits per heavy atom. The third kappa shape index (κ3) is 3.98. The molecule has 1 aliphatic rings. The van der Waals surface area contributed by atoms with Gasteiger partial charge in [0.25, 0.3) is 0 Å². The molecule has 1 nitrogen and oxygen atoms in total. The van der Waals surface area contributed by atoms with Crippen molar-refractivity contribution in [3.63, 3.8) is 0 Å². The fourth-order valence-electron chi connectivity index (χ4n) is 2.76. The molecule has 0 amide bonds. The molecule has 0 aromatic heterocycles. The van der Waals surface area contributed by atoms with Crippen LogP contribution in [0.2, 0.25) is 0 Å². The summed E-state index contributed by atoms with van der Waals surface area (Å²) in [6, 6.07) is 0. The minimum atomic E-state index is 0.336. The van der Waals surface area contributed by atoms with E-state index in [9.17, 15) is 0 Å². The first-order valence-electron chi connectivity index (χ1n) is 6.43. The zero-order chi connectivity index (χ0) is 11.3. The van der Waals surface area contributed by atoms with Gasteiger partial charge in [0.1, 0.15) is 0 Å². The van der Waals surface area contributed by atoms with E-state index < -0.39 is 0 Å². The van der Waals surface area contributed by atoms with Crippen LogP contribution in [0.1, 0.15) is 52.4 Å². The summed E-state index contributed by atoms with van der Waals surface area (Å²) in [6.07, 6.45) is 7.42. The van der Waals surface area contributed by atoms with Gasteiger partial charge in [0.15, 0.2) is 0 Å². The summed E-state index contributed by atoms with van der Waals surface area (Å²) in [5.41, 5.74) is 1.48. The van der Waals surface area contributed by atoms with Crippen molar-refractivity contribution >= 4 is 0 Å². The zero-order valence-corrected chi connectivity index (χ0v) is 10.3. The molecule has 1 aliphatic carbocycles. The fraction of sp³-hybridized carbons (Fsp3) is 0.857. The van der Waals surface area contributed by atoms with Crippen LogP contribution >= 0.6 is 0 Å². The SMILES string of the molecule is C=C1CCC[C@@H](C)C1CCC(C)CCO. The normalized spacial score (nSPS) is 29.1. The first-order valence-corrected chi connectivity index (χ1v) is 6.43. The van der Waals surface area contributed by atoms with Gasteiger partial charge in [-0.1, -0.05) is 32.4 Å². The third-order valence-corrected chi connectivity index (χ3v) is 3.96. The summed E-state index contributed by atoms with van der Waals surface area (Å²) >= 11 is 0. The van der Waals surface area contributed by atoms with Crippen molar-refractivity contribution in [2.24, 2.45) is 17.8 Å². The van der Waals surface area contributed by atoms with E-state index in [1.165, 1.54) is 37.7 Å². The van der Waals surface area contributed by atoms with Crippen LogP contribution in [-0.2, 0) is 0 Å². The monoisotopic (exact) mass is 210 g/mol. The summed E-state index contributed by atoms with van der Waals surface area (Å²) in [6.45, 7) is 9.17. The Bertz CT molecular complexity index is 198. The minimum Gasteiger partial charge on any atom is -0.396 e. The molecule has 1 fully saturated rings. The van der Waals surface area contributed by atoms with Crippen molar-refractivity contribution in [1.29, 1.82) is 0 Å². The molecule has 0 saturated heterocycles. The lowest BCUT2D eigenvalue weighted by atomic mass is 9.74. The second-order valence-corrected chi connectivity index (χ2v) is 5.33. The maximum atomic E-state index is 8.86. The maximum absolute atomic E-state index is 8.86. The van der Waals surface area contributed by atoms with Gasteiger partial charge in [-0.3, -0.25) is 0 Å². The van der Waals surface area contributed by atoms with Gasteiger partial charge >= 0.3 is 0 Å². The van der Waals surface area contributed by atoms with Crippen molar-refractivity contribution in [3.05, 3.63) is 12.2 Å². The standard InChI is InChI=1S/C14H26O/c1-11(9-10-15)7-8-14-12(2)5-4-6-13(14)3/h11,13-15H,2,4-10H2,1,3H3/t11?,13-,14?/m1/s1. The van der Waals surface area contributed by atoms with Crippen molar-refractivity contribution < 1.29 is 5.11 Å². The Labute approximate surface area is 94.6 Å². The molecule has 1 heteroatoms. The number of aliphatic hydroxyl groups is 1. The highest BCUT2D eigenvalue weighted by Gasteiger charge is 2.24. The molecule has 0 heterocycles. The van der Waals surface area contributed by atoms with Crippen molar-refractivity contribution in [2.75, 3.05) is 6.61 Å². The van der Waals surface area contributed by atoms with E-state index in [0.29, 0.717) is 12.5 Å². The Kier molecular flexibility index (Phi) is 5.38. The van der Waals surface area contributed by atoms with Crippen LogP contribution in [0.4, 0.5) is 0 Å². The quantitative estimate of drug-likeness (QED) is 0.685. The summed E-state index contributed by atoms with van der Waals surface area (Å²) in [5, 5.41) is 8.86. The van der Waals surface area contributed by atoms with E-state index in [-0.39, 0.29) is 0 Å². The Balaban J connectivity index is 2.32. The summed E-state index contributed by atoms with van der Waals surface area (Å²) in [7, 11) is 0. The fourth-order valence-corrected chi connectivity index (χ4v) is 2.76. The average molecular weight is 210 g/mol. The van der Waals surface area contributed by atoms with Crippen LogP contribution in [0.3, 0.4) is 0 Å². The molecule has 2 unspecified atom stereocenters. The Hall–Kier alpha value is -0.300. The van der Waals surface area contributed by atoms with Crippen LogP contribution in [0.5, 0.6) is 0 Å². The molecular weight excluding hydrogens is 184 g/mol. The van der Waals surface area contributed by atoms with E-state index in [1.54, 1.807) is 0 Å². The molecule has 88 valence electrons. The topological polar surface area (TPSA) is 20.2 Å². The minimum absolute atomic E-state index is 0.336. The van der Waals surface area contributed by atoms with Gasteiger partial charge in [0, 0.05) is 6.61 Å². The molecule has 0 aromatic rings. The van der Waals surface area contributed by atoms with Gasteiger partial charge in [-0.15, -0.1) is 0 Å². The van der Waals surface area contributed by atoms with Gasteiger partial charge in [0.05, 0.1) is 0 Å². The smallest absolute Gasteiger partial charge is 0.0433 e. The largest absolute Gasteiger partial charge is 0.396 e. The molecule has 15 heavy (non-hydrogen) atoms. The number of allylic oxidation sites excluding steroid dienone is 1. The van der Waals surface area contributed by atoms with Gasteiger partial charge in [-0.2, -0.15) is 0 Å². The predicted molar refractivity (Wildman–Crippen MR) is 65.7 cm³/mol. The third-order valence-electron chi connectivity index (χ3n) is 3.96. The van der Waals surface area contributed by atoms with Crippen LogP contribution in [0.25, 0.3) is 0 Å². The molecular formula is C14H26O. The first kappa shape index (κ1) is 12.8. The first-order chi connectivity index (χ1) is 7.15. The lowest BCUT2D eigenvalue weighted by Crippen LogP contribution is -2.19. The summed E-state index contributed by atoms with van der Waals surface area (Å²) < 4.78 is 0. The molecule has 0 radical (unpaired) electrons. The van der Waals surface area contributed by atoms with Crippen LogP contribution in [0.15, 0.2) is 12.2 Å². The Morgan fingerprint density at radius 1 is 1.47 bits per heavy atom. The number of hydrogen-bond donors (Lipinski definition) is 1. The average Bonchev–Trinajstić information content (AvgIpc) is 2.17. The predicted octanol–water partition coefficient (Wildman–Crippen LogP) is 3.78. The van der Waals surface area contributed by atoms with Gasteiger partial charge in [0.2, 0.25) is 0 Å². The molecule has 1 rings (SSSR count). The van der Waals surface area contributed by atoms with E-state index in [4.69, 9.17) is 5.11 Å². The van der Waals surface area contributed by atoms with Gasteiger partial charge < -0.3 is 5.11 Å². The lowest BCUT2D eigenvalue weighted by Gasteiger charge is -2.31. The number of aliphatic hydroxyl groups excluding tert-OH is 1. The second-order valence-electron chi connectivity index (χ2n) is 5.33. The van der Waals surface area contributed by atoms with E-state index in [0.717, 1.165) is 18.3 Å². The lowest BCUT2D eigenvalue weighted by molar-refractivity contribution is 0.242. The number of hydrogen-bond acceptors (Lipinski definition) is 1. The van der Waals surface area contributed by atoms with E-state index in [2.05, 4.69) is 20.4 Å². The highest BCUT2D eigenvalue weighted by molar-refractivity contribution is 5.05. The van der Waals surface area contributed by atoms with Gasteiger partial charge in [-0.25, -0.2) is 0 Å². The highest BCUT2D eigenvalue weighted by atomic mass is 16.3. The summed E-state index contributed by atoms with van der Waals surface area (Å²) in [5.74, 6) is 2.24. The van der Waals surface area contributed by atoms with Gasteiger partial charge in [-0.05, 0) is 49.9 Å². The molecule has 1 saturated carbocycles. The molecule has 0 aliphatic heterocycles. The number of rotatable bonds is 5. The summed E-state index contributed by atoms with van der Waals surface area (Å²) in [4.78, 5) is 0. The van der Waals surface area contributed by atoms with Crippen molar-refractivity contribution in [3.8, 4) is 0 Å². The van der Waals surface area contributed by atoms with E-state index in [1.807, 2.05) is 0 Å². The molecule has 0 bridgehead atoms. The molecule has 0 spiro atoms.